The number of rotatable bonds is 8. The van der Waals surface area contributed by atoms with Crippen LogP contribution in [0.15, 0.2) is 48.7 Å². The Morgan fingerprint density at radius 1 is 0.979 bits per heavy atom. The van der Waals surface area contributed by atoms with Crippen molar-refractivity contribution in [2.24, 2.45) is 0 Å². The van der Waals surface area contributed by atoms with Crippen LogP contribution in [-0.4, -0.2) is 111 Å². The van der Waals surface area contributed by atoms with Crippen molar-refractivity contribution in [2.75, 3.05) is 89.9 Å². The van der Waals surface area contributed by atoms with Gasteiger partial charge in [-0.05, 0) is 68.4 Å². The largest absolute Gasteiger partial charge is 0.481 e. The van der Waals surface area contributed by atoms with Crippen LogP contribution in [0.25, 0.3) is 11.1 Å². The average Bonchev–Trinajstić information content (AvgIpc) is 3.09. The van der Waals surface area contributed by atoms with E-state index in [1.54, 1.807) is 24.3 Å². The molecule has 1 N–H and O–H groups in total. The van der Waals surface area contributed by atoms with Crippen molar-refractivity contribution in [1.82, 2.24) is 19.7 Å². The number of nitrogens with one attached hydrogen (secondary N) is 1. The number of piperidine rings is 1. The number of benzene rings is 2. The molecule has 4 heterocycles. The van der Waals surface area contributed by atoms with E-state index in [4.69, 9.17) is 9.47 Å². The number of anilines is 2. The molecule has 3 fully saturated rings. The zero-order valence-electron chi connectivity index (χ0n) is 27.4. The van der Waals surface area contributed by atoms with E-state index in [0.717, 1.165) is 77.1 Å². The zero-order chi connectivity index (χ0) is 33.8. The number of nitrogens with zero attached hydrogens (tertiary/aromatic N) is 5. The molecule has 0 aliphatic carbocycles. The van der Waals surface area contributed by atoms with Gasteiger partial charge in [-0.3, -0.25) is 14.6 Å². The van der Waals surface area contributed by atoms with E-state index in [1.165, 1.54) is 13.2 Å². The Kier molecular flexibility index (Phi) is 10.5. The first kappa shape index (κ1) is 34.1. The predicted molar refractivity (Wildman–Crippen MR) is 176 cm³/mol. The Morgan fingerprint density at radius 2 is 1.71 bits per heavy atom. The summed E-state index contributed by atoms with van der Waals surface area (Å²) >= 11 is 0. The fourth-order valence-corrected chi connectivity index (χ4v) is 6.82. The van der Waals surface area contributed by atoms with Crippen molar-refractivity contribution < 1.29 is 31.8 Å². The summed E-state index contributed by atoms with van der Waals surface area (Å²) in [6.45, 7) is 8.95. The number of likely N-dealkylation sites (tertiary alicyclic amines) is 1. The molecule has 258 valence electrons. The van der Waals surface area contributed by atoms with Gasteiger partial charge in [-0.25, -0.2) is 9.37 Å². The first-order valence-corrected chi connectivity index (χ1v) is 16.4. The van der Waals surface area contributed by atoms with Gasteiger partial charge in [-0.2, -0.15) is 13.2 Å². The number of piperazine rings is 1. The highest BCUT2D eigenvalue weighted by molar-refractivity contribution is 6.07. The summed E-state index contributed by atoms with van der Waals surface area (Å²) in [7, 11) is 3.22. The van der Waals surface area contributed by atoms with Crippen LogP contribution in [0.3, 0.4) is 0 Å². The molecule has 1 amide bonds. The highest BCUT2D eigenvalue weighted by Gasteiger charge is 2.36. The van der Waals surface area contributed by atoms with E-state index in [0.29, 0.717) is 54.2 Å². The standard InChI is InChI=1S/C35H42F4N6O3/c1-42-11-13-45(14-12-42)32-6-4-25(20-31(32)41-34(46)28-22-40-33(47-2)21-29(28)35(37,38)39)27-19-24(3-5-30(27)36)23-43-9-7-26(8-10-43)44-15-17-48-18-16-44/h3-6,19-22,26H,7-18,23H2,1-2H3,(H,41,46). The summed E-state index contributed by atoms with van der Waals surface area (Å²) in [4.78, 5) is 26.5. The van der Waals surface area contributed by atoms with E-state index >= 15 is 4.39 Å². The number of carbonyl (C=O) groups is 1. The highest BCUT2D eigenvalue weighted by Crippen LogP contribution is 2.37. The van der Waals surface area contributed by atoms with Gasteiger partial charge in [0.05, 0.1) is 42.8 Å². The van der Waals surface area contributed by atoms with Gasteiger partial charge in [-0.1, -0.05) is 12.1 Å². The first-order chi connectivity index (χ1) is 23.1. The van der Waals surface area contributed by atoms with Crippen LogP contribution in [0.4, 0.5) is 28.9 Å². The number of methoxy groups -OCH3 is 1. The number of likely N-dealkylation sites (N-methyl/N-ethyl adjacent to an activating group) is 1. The molecule has 0 atom stereocenters. The molecule has 0 spiro atoms. The van der Waals surface area contributed by atoms with Gasteiger partial charge in [0.15, 0.2) is 0 Å². The fraction of sp³-hybridized carbons (Fsp3) is 0.486. The minimum absolute atomic E-state index is 0.254. The maximum absolute atomic E-state index is 15.4. The number of hydrogen-bond donors (Lipinski definition) is 1. The van der Waals surface area contributed by atoms with Crippen LogP contribution >= 0.6 is 0 Å². The summed E-state index contributed by atoms with van der Waals surface area (Å²) in [6, 6.07) is 11.6. The summed E-state index contributed by atoms with van der Waals surface area (Å²) < 4.78 is 67.8. The lowest BCUT2D eigenvalue weighted by Crippen LogP contribution is -2.48. The lowest BCUT2D eigenvalue weighted by molar-refractivity contribution is -0.138. The number of amides is 1. The van der Waals surface area contributed by atoms with E-state index in [2.05, 4.69) is 29.9 Å². The Bertz CT molecular complexity index is 1580. The molecule has 2 aromatic carbocycles. The van der Waals surface area contributed by atoms with Crippen molar-refractivity contribution in [3.8, 4) is 17.0 Å². The van der Waals surface area contributed by atoms with Gasteiger partial charge in [0.2, 0.25) is 5.88 Å². The maximum Gasteiger partial charge on any atom is 0.417 e. The smallest absolute Gasteiger partial charge is 0.417 e. The summed E-state index contributed by atoms with van der Waals surface area (Å²) in [6.07, 6.45) is -1.80. The minimum atomic E-state index is -4.81. The topological polar surface area (TPSA) is 73.4 Å². The molecule has 0 bridgehead atoms. The number of morpholine rings is 1. The van der Waals surface area contributed by atoms with Crippen LogP contribution in [-0.2, 0) is 17.5 Å². The van der Waals surface area contributed by atoms with Crippen LogP contribution in [0.5, 0.6) is 5.88 Å². The van der Waals surface area contributed by atoms with Crippen LogP contribution < -0.4 is 15.0 Å². The Hall–Kier alpha value is -3.78. The van der Waals surface area contributed by atoms with Crippen LogP contribution in [0.2, 0.25) is 0 Å². The lowest BCUT2D eigenvalue weighted by Gasteiger charge is -2.40. The summed E-state index contributed by atoms with van der Waals surface area (Å²) in [5, 5.41) is 2.71. The number of alkyl halides is 3. The van der Waals surface area contributed by atoms with Crippen LogP contribution in [0, 0.1) is 5.82 Å². The Morgan fingerprint density at radius 3 is 2.40 bits per heavy atom. The molecule has 3 saturated heterocycles. The molecule has 9 nitrogen and oxygen atoms in total. The van der Waals surface area contributed by atoms with E-state index < -0.39 is 29.0 Å². The second-order valence-corrected chi connectivity index (χ2v) is 12.7. The minimum Gasteiger partial charge on any atom is -0.481 e. The van der Waals surface area contributed by atoms with Gasteiger partial charge in [0, 0.05) is 69.7 Å². The molecule has 48 heavy (non-hydrogen) atoms. The monoisotopic (exact) mass is 670 g/mol. The Balaban J connectivity index is 1.25. The molecule has 6 rings (SSSR count). The summed E-state index contributed by atoms with van der Waals surface area (Å²) in [5.74, 6) is -1.65. The molecule has 1 aromatic heterocycles. The molecule has 0 unspecified atom stereocenters. The fourth-order valence-electron chi connectivity index (χ4n) is 6.82. The Labute approximate surface area is 278 Å². The molecular weight excluding hydrogens is 628 g/mol. The van der Waals surface area contributed by atoms with Gasteiger partial charge >= 0.3 is 6.18 Å². The molecule has 3 aliphatic rings. The van der Waals surface area contributed by atoms with Crippen LogP contribution in [0.1, 0.15) is 34.3 Å². The third kappa shape index (κ3) is 7.91. The van der Waals surface area contributed by atoms with Gasteiger partial charge in [0.25, 0.3) is 5.91 Å². The van der Waals surface area contributed by atoms with Crippen molar-refractivity contribution in [3.63, 3.8) is 0 Å². The normalized spacial score (nSPS) is 19.0. The first-order valence-electron chi connectivity index (χ1n) is 16.4. The van der Waals surface area contributed by atoms with Crippen molar-refractivity contribution in [1.29, 1.82) is 0 Å². The number of pyridine rings is 1. The van der Waals surface area contributed by atoms with E-state index in [-0.39, 0.29) is 5.88 Å². The molecule has 0 saturated carbocycles. The number of hydrogen-bond acceptors (Lipinski definition) is 8. The number of carbonyl (C=O) groups excluding carboxylic acids is 1. The average molecular weight is 671 g/mol. The molecular formula is C35H42F4N6O3. The molecule has 0 radical (unpaired) electrons. The molecule has 13 heteroatoms. The third-order valence-corrected chi connectivity index (χ3v) is 9.59. The second kappa shape index (κ2) is 14.8. The van der Waals surface area contributed by atoms with E-state index in [1.807, 2.05) is 13.1 Å². The van der Waals surface area contributed by atoms with E-state index in [9.17, 15) is 18.0 Å². The molecule has 3 aliphatic heterocycles. The lowest BCUT2D eigenvalue weighted by atomic mass is 9.99. The second-order valence-electron chi connectivity index (χ2n) is 12.7. The zero-order valence-corrected chi connectivity index (χ0v) is 27.4. The predicted octanol–water partition coefficient (Wildman–Crippen LogP) is 5.22. The highest BCUT2D eigenvalue weighted by atomic mass is 19.4. The number of halogens is 4. The van der Waals surface area contributed by atoms with Crippen molar-refractivity contribution in [2.45, 2.75) is 31.6 Å². The van der Waals surface area contributed by atoms with Crippen molar-refractivity contribution in [3.05, 3.63) is 71.2 Å². The maximum atomic E-state index is 15.4. The quantitative estimate of drug-likeness (QED) is 0.328. The van der Waals surface area contributed by atoms with Crippen molar-refractivity contribution >= 4 is 17.3 Å². The SMILES string of the molecule is COc1cc(C(F)(F)F)c(C(=O)Nc2cc(-c3cc(CN4CCC(N5CCOCC5)CC4)ccc3F)ccc2N2CCN(C)CC2)cn1. The van der Waals surface area contributed by atoms with Gasteiger partial charge in [-0.15, -0.1) is 0 Å². The van der Waals surface area contributed by atoms with Gasteiger partial charge < -0.3 is 24.6 Å². The molecule has 3 aromatic rings. The number of aromatic nitrogens is 1. The third-order valence-electron chi connectivity index (χ3n) is 9.59. The van der Waals surface area contributed by atoms with Gasteiger partial charge in [0.1, 0.15) is 5.82 Å². The number of ether oxygens (including phenoxy) is 2. The summed E-state index contributed by atoms with van der Waals surface area (Å²) in [5.41, 5.74) is 0.983.